The minimum absolute atomic E-state index is 0.0609. The summed E-state index contributed by atoms with van der Waals surface area (Å²) in [7, 11) is 1.67. The number of carbonyl (C=O) groups is 1. The second-order valence-electron chi connectivity index (χ2n) is 7.80. The standard InChI is InChI=1S/C22H33N5O3/c1-18(2)24-22(28)27(10-9-25-11-13-30-14-12-25)17-21-23-7-8-26(21)16-19-5-4-6-20(15-19)29-3/h4-8,15,18H,9-14,16-17H2,1-3H3,(H,24,28). The van der Waals surface area contributed by atoms with Crippen molar-refractivity contribution in [3.8, 4) is 5.75 Å². The molecule has 8 nitrogen and oxygen atoms in total. The molecule has 8 heteroatoms. The maximum atomic E-state index is 12.8. The monoisotopic (exact) mass is 415 g/mol. The number of morpholine rings is 1. The van der Waals surface area contributed by atoms with Crippen LogP contribution in [0.4, 0.5) is 4.79 Å². The molecule has 2 amide bonds. The molecule has 0 bridgehead atoms. The number of nitrogens with one attached hydrogen (secondary N) is 1. The Morgan fingerprint density at radius 3 is 2.87 bits per heavy atom. The average molecular weight is 416 g/mol. The topological polar surface area (TPSA) is 71.9 Å². The molecule has 1 aliphatic heterocycles. The lowest BCUT2D eigenvalue weighted by Gasteiger charge is -2.30. The van der Waals surface area contributed by atoms with Gasteiger partial charge in [0.2, 0.25) is 0 Å². The van der Waals surface area contributed by atoms with Crippen LogP contribution in [0.2, 0.25) is 0 Å². The second kappa shape index (κ2) is 11.0. The van der Waals surface area contributed by atoms with Crippen LogP contribution in [0.1, 0.15) is 25.2 Å². The first-order valence-corrected chi connectivity index (χ1v) is 10.5. The summed E-state index contributed by atoms with van der Waals surface area (Å²) in [6, 6.07) is 8.02. The molecular formula is C22H33N5O3. The summed E-state index contributed by atoms with van der Waals surface area (Å²) in [5, 5.41) is 3.02. The zero-order valence-corrected chi connectivity index (χ0v) is 18.2. The SMILES string of the molecule is COc1cccc(Cn2ccnc2CN(CCN2CCOCC2)C(=O)NC(C)C)c1. The summed E-state index contributed by atoms with van der Waals surface area (Å²) in [6.45, 7) is 9.87. The van der Waals surface area contributed by atoms with Crippen molar-refractivity contribution in [1.82, 2.24) is 24.7 Å². The number of aromatic nitrogens is 2. The number of methoxy groups -OCH3 is 1. The molecule has 30 heavy (non-hydrogen) atoms. The number of hydrogen-bond donors (Lipinski definition) is 1. The summed E-state index contributed by atoms with van der Waals surface area (Å²) in [6.07, 6.45) is 3.74. The van der Waals surface area contributed by atoms with Crippen LogP contribution in [0.5, 0.6) is 5.75 Å². The lowest BCUT2D eigenvalue weighted by Crippen LogP contribution is -2.47. The van der Waals surface area contributed by atoms with E-state index in [1.165, 1.54) is 0 Å². The van der Waals surface area contributed by atoms with Crippen molar-refractivity contribution in [2.45, 2.75) is 33.0 Å². The number of carbonyl (C=O) groups excluding carboxylic acids is 1. The predicted molar refractivity (Wildman–Crippen MR) is 116 cm³/mol. The van der Waals surface area contributed by atoms with E-state index in [1.807, 2.05) is 43.1 Å². The van der Waals surface area contributed by atoms with Crippen LogP contribution in [0, 0.1) is 0 Å². The van der Waals surface area contributed by atoms with Crippen LogP contribution in [0.25, 0.3) is 0 Å². The van der Waals surface area contributed by atoms with E-state index in [4.69, 9.17) is 9.47 Å². The van der Waals surface area contributed by atoms with Gasteiger partial charge in [0.05, 0.1) is 26.9 Å². The number of imidazole rings is 1. The van der Waals surface area contributed by atoms with E-state index in [0.29, 0.717) is 19.6 Å². The average Bonchev–Trinajstić information content (AvgIpc) is 3.18. The molecule has 0 spiro atoms. The first-order chi connectivity index (χ1) is 14.5. The quantitative estimate of drug-likeness (QED) is 0.680. The molecule has 1 aromatic carbocycles. The molecule has 1 aromatic heterocycles. The van der Waals surface area contributed by atoms with E-state index >= 15 is 0 Å². The van der Waals surface area contributed by atoms with Gasteiger partial charge in [0.15, 0.2) is 0 Å². The van der Waals surface area contributed by atoms with Gasteiger partial charge < -0.3 is 24.3 Å². The third kappa shape index (κ3) is 6.47. The molecule has 0 saturated carbocycles. The second-order valence-corrected chi connectivity index (χ2v) is 7.80. The highest BCUT2D eigenvalue weighted by atomic mass is 16.5. The highest BCUT2D eigenvalue weighted by Gasteiger charge is 2.19. The molecule has 1 saturated heterocycles. The van der Waals surface area contributed by atoms with Gasteiger partial charge in [-0.2, -0.15) is 0 Å². The number of rotatable bonds is 9. The lowest BCUT2D eigenvalue weighted by molar-refractivity contribution is 0.0345. The van der Waals surface area contributed by atoms with E-state index in [2.05, 4.69) is 25.8 Å². The molecule has 3 rings (SSSR count). The van der Waals surface area contributed by atoms with Gasteiger partial charge in [-0.1, -0.05) is 12.1 Å². The van der Waals surface area contributed by atoms with Crippen LogP contribution < -0.4 is 10.1 Å². The Balaban J connectivity index is 1.68. The molecule has 2 heterocycles. The van der Waals surface area contributed by atoms with Gasteiger partial charge in [0.1, 0.15) is 11.6 Å². The van der Waals surface area contributed by atoms with Crippen LogP contribution in [-0.2, 0) is 17.8 Å². The van der Waals surface area contributed by atoms with Crippen molar-refractivity contribution in [2.75, 3.05) is 46.5 Å². The van der Waals surface area contributed by atoms with Gasteiger partial charge in [-0.3, -0.25) is 4.90 Å². The fourth-order valence-electron chi connectivity index (χ4n) is 3.45. The van der Waals surface area contributed by atoms with Gasteiger partial charge in [-0.15, -0.1) is 0 Å². The minimum Gasteiger partial charge on any atom is -0.497 e. The van der Waals surface area contributed by atoms with Crippen LogP contribution in [-0.4, -0.2) is 77.9 Å². The smallest absolute Gasteiger partial charge is 0.318 e. The van der Waals surface area contributed by atoms with Gasteiger partial charge in [0.25, 0.3) is 0 Å². The number of benzene rings is 1. The van der Waals surface area contributed by atoms with Crippen molar-refractivity contribution in [1.29, 1.82) is 0 Å². The van der Waals surface area contributed by atoms with Crippen molar-refractivity contribution in [3.05, 3.63) is 48.0 Å². The summed E-state index contributed by atoms with van der Waals surface area (Å²) >= 11 is 0. The summed E-state index contributed by atoms with van der Waals surface area (Å²) in [5.41, 5.74) is 1.13. The Labute approximate surface area is 178 Å². The molecular weight excluding hydrogens is 382 g/mol. The molecule has 0 radical (unpaired) electrons. The van der Waals surface area contributed by atoms with Gasteiger partial charge >= 0.3 is 6.03 Å². The first-order valence-electron chi connectivity index (χ1n) is 10.5. The molecule has 0 aliphatic carbocycles. The van der Waals surface area contributed by atoms with E-state index in [0.717, 1.165) is 50.0 Å². The maximum absolute atomic E-state index is 12.8. The molecule has 1 aliphatic rings. The van der Waals surface area contributed by atoms with Crippen LogP contribution >= 0.6 is 0 Å². The molecule has 0 unspecified atom stereocenters. The van der Waals surface area contributed by atoms with Crippen molar-refractivity contribution >= 4 is 6.03 Å². The van der Waals surface area contributed by atoms with Gasteiger partial charge in [-0.25, -0.2) is 9.78 Å². The van der Waals surface area contributed by atoms with Crippen LogP contribution in [0.15, 0.2) is 36.7 Å². The minimum atomic E-state index is -0.0609. The van der Waals surface area contributed by atoms with Gasteiger partial charge in [-0.05, 0) is 31.5 Å². The van der Waals surface area contributed by atoms with E-state index in [1.54, 1.807) is 13.3 Å². The van der Waals surface area contributed by atoms with E-state index in [9.17, 15) is 4.79 Å². The lowest BCUT2D eigenvalue weighted by atomic mass is 10.2. The zero-order chi connectivity index (χ0) is 21.3. The number of hydrogen-bond acceptors (Lipinski definition) is 5. The third-order valence-corrected chi connectivity index (χ3v) is 5.11. The Bertz CT molecular complexity index is 802. The maximum Gasteiger partial charge on any atom is 0.318 e. The first kappa shape index (κ1) is 22.1. The molecule has 164 valence electrons. The molecule has 2 aromatic rings. The number of nitrogens with zero attached hydrogens (tertiary/aromatic N) is 4. The predicted octanol–water partition coefficient (Wildman–Crippen LogP) is 2.19. The Morgan fingerprint density at radius 2 is 2.13 bits per heavy atom. The number of urea groups is 1. The largest absolute Gasteiger partial charge is 0.497 e. The Kier molecular flexibility index (Phi) is 8.10. The van der Waals surface area contributed by atoms with Crippen molar-refractivity contribution < 1.29 is 14.3 Å². The summed E-state index contributed by atoms with van der Waals surface area (Å²) < 4.78 is 12.8. The molecule has 1 fully saturated rings. The highest BCUT2D eigenvalue weighted by Crippen LogP contribution is 2.15. The number of ether oxygens (including phenoxy) is 2. The fourth-order valence-corrected chi connectivity index (χ4v) is 3.45. The summed E-state index contributed by atoms with van der Waals surface area (Å²) in [4.78, 5) is 21.5. The van der Waals surface area contributed by atoms with E-state index < -0.39 is 0 Å². The fraction of sp³-hybridized carbons (Fsp3) is 0.545. The van der Waals surface area contributed by atoms with Crippen LogP contribution in [0.3, 0.4) is 0 Å². The van der Waals surface area contributed by atoms with Gasteiger partial charge in [0, 0.05) is 51.2 Å². The third-order valence-electron chi connectivity index (χ3n) is 5.11. The normalized spacial score (nSPS) is 14.7. The summed E-state index contributed by atoms with van der Waals surface area (Å²) in [5.74, 6) is 1.69. The highest BCUT2D eigenvalue weighted by molar-refractivity contribution is 5.74. The molecule has 0 atom stereocenters. The molecule has 1 N–H and O–H groups in total. The van der Waals surface area contributed by atoms with Crippen molar-refractivity contribution in [2.24, 2.45) is 0 Å². The zero-order valence-electron chi connectivity index (χ0n) is 18.2. The number of amides is 2. The Morgan fingerprint density at radius 1 is 1.33 bits per heavy atom. The Hall–Kier alpha value is -2.58. The van der Waals surface area contributed by atoms with Crippen molar-refractivity contribution in [3.63, 3.8) is 0 Å². The van der Waals surface area contributed by atoms with E-state index in [-0.39, 0.29) is 12.1 Å².